The van der Waals surface area contributed by atoms with Crippen LogP contribution in [0.15, 0.2) is 66.2 Å². The first-order valence-corrected chi connectivity index (χ1v) is 9.43. The molecule has 0 aliphatic carbocycles. The van der Waals surface area contributed by atoms with Crippen LogP contribution in [0.1, 0.15) is 28.3 Å². The number of benzene rings is 2. The van der Waals surface area contributed by atoms with Crippen LogP contribution in [0.25, 0.3) is 5.69 Å². The second kappa shape index (κ2) is 7.87. The Kier molecular flexibility index (Phi) is 5.26. The summed E-state index contributed by atoms with van der Waals surface area (Å²) < 4.78 is 42.2. The first-order valence-electron chi connectivity index (χ1n) is 9.43. The van der Waals surface area contributed by atoms with E-state index < -0.39 is 11.7 Å². The van der Waals surface area contributed by atoms with Gasteiger partial charge in [-0.05, 0) is 19.2 Å². The monoisotopic (exact) mass is 411 g/mol. The lowest BCUT2D eigenvalue weighted by molar-refractivity contribution is -0.137. The van der Waals surface area contributed by atoms with Gasteiger partial charge in [0.05, 0.1) is 23.5 Å². The molecule has 0 saturated carbocycles. The first kappa shape index (κ1) is 20.0. The number of aliphatic imine (C=N–C) groups is 1. The maximum absolute atomic E-state index is 13.5. The molecule has 3 aromatic rings. The number of hydrogen-bond donors (Lipinski definition) is 0. The average molecular weight is 411 g/mol. The van der Waals surface area contributed by atoms with Gasteiger partial charge in [-0.3, -0.25) is 14.5 Å². The molecule has 0 spiro atoms. The zero-order valence-corrected chi connectivity index (χ0v) is 16.4. The quantitative estimate of drug-likeness (QED) is 0.590. The highest BCUT2D eigenvalue weighted by molar-refractivity contribution is 6.15. The van der Waals surface area contributed by atoms with E-state index in [0.717, 1.165) is 17.7 Å². The smallest absolute Gasteiger partial charge is 0.295 e. The van der Waals surface area contributed by atoms with Crippen molar-refractivity contribution >= 4 is 5.71 Å². The zero-order valence-electron chi connectivity index (χ0n) is 16.4. The Labute approximate surface area is 172 Å². The molecular weight excluding hydrogens is 391 g/mol. The second-order valence-electron chi connectivity index (χ2n) is 7.11. The van der Waals surface area contributed by atoms with Gasteiger partial charge >= 0.3 is 6.18 Å². The van der Waals surface area contributed by atoms with E-state index in [9.17, 15) is 13.2 Å². The van der Waals surface area contributed by atoms with Crippen molar-refractivity contribution < 1.29 is 13.2 Å². The number of likely N-dealkylation sites (N-methyl/N-ethyl adjacent to an activating group) is 1. The molecule has 0 N–H and O–H groups in total. The van der Waals surface area contributed by atoms with Crippen molar-refractivity contribution in [2.45, 2.75) is 19.3 Å². The number of hydrogen-bond acceptors (Lipinski definition) is 4. The minimum Gasteiger partial charge on any atom is -0.295 e. The van der Waals surface area contributed by atoms with Crippen molar-refractivity contribution in [2.75, 3.05) is 13.6 Å². The fourth-order valence-electron chi connectivity index (χ4n) is 3.53. The van der Waals surface area contributed by atoms with Crippen molar-refractivity contribution in [3.63, 3.8) is 0 Å². The summed E-state index contributed by atoms with van der Waals surface area (Å²) in [5.41, 5.74) is 1.74. The SMILES string of the molecule is C=CCN(C)Cc1nnc2n1-c1cc(C(F)(F)F)ccc1C(c1ccccc1)=NC2. The van der Waals surface area contributed by atoms with Crippen LogP contribution in [0.2, 0.25) is 0 Å². The van der Waals surface area contributed by atoms with Crippen LogP contribution >= 0.6 is 0 Å². The van der Waals surface area contributed by atoms with Crippen molar-refractivity contribution in [2.24, 2.45) is 4.99 Å². The minimum absolute atomic E-state index is 0.221. The number of fused-ring (bicyclic) bond motifs is 3. The van der Waals surface area contributed by atoms with Gasteiger partial charge in [-0.25, -0.2) is 0 Å². The molecule has 30 heavy (non-hydrogen) atoms. The molecule has 1 aromatic heterocycles. The van der Waals surface area contributed by atoms with E-state index in [-0.39, 0.29) is 6.54 Å². The van der Waals surface area contributed by atoms with Crippen molar-refractivity contribution in [1.82, 2.24) is 19.7 Å². The van der Waals surface area contributed by atoms with Crippen LogP contribution in [-0.4, -0.2) is 39.0 Å². The maximum Gasteiger partial charge on any atom is 0.416 e. The van der Waals surface area contributed by atoms with E-state index in [0.29, 0.717) is 41.7 Å². The number of aromatic nitrogens is 3. The van der Waals surface area contributed by atoms with Crippen LogP contribution < -0.4 is 0 Å². The van der Waals surface area contributed by atoms with E-state index in [4.69, 9.17) is 0 Å². The third-order valence-corrected chi connectivity index (χ3v) is 4.90. The van der Waals surface area contributed by atoms with Gasteiger partial charge < -0.3 is 0 Å². The summed E-state index contributed by atoms with van der Waals surface area (Å²) in [6.45, 7) is 4.97. The zero-order chi connectivity index (χ0) is 21.3. The number of nitrogens with zero attached hydrogens (tertiary/aromatic N) is 5. The normalized spacial score (nSPS) is 13.4. The summed E-state index contributed by atoms with van der Waals surface area (Å²) in [6, 6.07) is 13.2. The molecule has 1 aliphatic heterocycles. The molecule has 8 heteroatoms. The Balaban J connectivity index is 1.91. The summed E-state index contributed by atoms with van der Waals surface area (Å²) in [6.07, 6.45) is -2.70. The Morgan fingerprint density at radius 1 is 1.13 bits per heavy atom. The molecule has 2 aromatic carbocycles. The third-order valence-electron chi connectivity index (χ3n) is 4.90. The van der Waals surface area contributed by atoms with E-state index in [1.165, 1.54) is 6.07 Å². The Hall–Kier alpha value is -3.26. The number of halogens is 3. The lowest BCUT2D eigenvalue weighted by Crippen LogP contribution is -2.21. The van der Waals surface area contributed by atoms with Gasteiger partial charge in [0.2, 0.25) is 0 Å². The summed E-state index contributed by atoms with van der Waals surface area (Å²) in [5, 5.41) is 8.46. The average Bonchev–Trinajstić information content (AvgIpc) is 3.02. The lowest BCUT2D eigenvalue weighted by Gasteiger charge is -2.18. The molecule has 2 heterocycles. The first-order chi connectivity index (χ1) is 14.4. The van der Waals surface area contributed by atoms with Crippen molar-refractivity contribution in [1.29, 1.82) is 0 Å². The van der Waals surface area contributed by atoms with Gasteiger partial charge in [0, 0.05) is 17.7 Å². The standard InChI is InChI=1S/C22H20F3N5/c1-3-11-29(2)14-20-28-27-19-13-26-21(15-7-5-4-6-8-15)17-10-9-16(22(23,24)25)12-18(17)30(19)20/h3-10,12H,1,11,13-14H2,2H3. The summed E-state index contributed by atoms with van der Waals surface area (Å²) in [5.74, 6) is 1.06. The highest BCUT2D eigenvalue weighted by Crippen LogP contribution is 2.34. The molecule has 4 rings (SSSR count). The maximum atomic E-state index is 13.5. The topological polar surface area (TPSA) is 46.3 Å². The van der Waals surface area contributed by atoms with E-state index in [2.05, 4.69) is 21.8 Å². The van der Waals surface area contributed by atoms with E-state index in [1.54, 1.807) is 10.6 Å². The fraction of sp³-hybridized carbons (Fsp3) is 0.227. The lowest BCUT2D eigenvalue weighted by atomic mass is 9.98. The molecule has 0 amide bonds. The molecule has 154 valence electrons. The van der Waals surface area contributed by atoms with Crippen LogP contribution in [0, 0.1) is 0 Å². The molecule has 0 fully saturated rings. The Morgan fingerprint density at radius 2 is 1.90 bits per heavy atom. The van der Waals surface area contributed by atoms with Crippen molar-refractivity contribution in [3.05, 3.63) is 89.5 Å². The summed E-state index contributed by atoms with van der Waals surface area (Å²) in [7, 11) is 1.89. The van der Waals surface area contributed by atoms with Gasteiger partial charge in [0.25, 0.3) is 0 Å². The van der Waals surface area contributed by atoms with Gasteiger partial charge in [-0.2, -0.15) is 13.2 Å². The van der Waals surface area contributed by atoms with Gasteiger partial charge in [-0.1, -0.05) is 42.5 Å². The molecule has 5 nitrogen and oxygen atoms in total. The molecule has 0 bridgehead atoms. The highest BCUT2D eigenvalue weighted by atomic mass is 19.4. The minimum atomic E-state index is -4.46. The number of rotatable bonds is 5. The van der Waals surface area contributed by atoms with Gasteiger partial charge in [0.1, 0.15) is 6.54 Å². The molecule has 0 saturated heterocycles. The Morgan fingerprint density at radius 3 is 2.60 bits per heavy atom. The van der Waals surface area contributed by atoms with Crippen LogP contribution in [-0.2, 0) is 19.3 Å². The Bertz CT molecular complexity index is 1100. The van der Waals surface area contributed by atoms with Crippen molar-refractivity contribution in [3.8, 4) is 5.69 Å². The van der Waals surface area contributed by atoms with Gasteiger partial charge in [0.15, 0.2) is 11.6 Å². The fourth-order valence-corrected chi connectivity index (χ4v) is 3.53. The van der Waals surface area contributed by atoms with E-state index in [1.807, 2.05) is 42.3 Å². The molecule has 1 aliphatic rings. The summed E-state index contributed by atoms with van der Waals surface area (Å²) in [4.78, 5) is 6.64. The third kappa shape index (κ3) is 3.78. The predicted octanol–water partition coefficient (Wildman–Crippen LogP) is 4.25. The second-order valence-corrected chi connectivity index (χ2v) is 7.11. The molecule has 0 radical (unpaired) electrons. The summed E-state index contributed by atoms with van der Waals surface area (Å²) >= 11 is 0. The van der Waals surface area contributed by atoms with Gasteiger partial charge in [-0.15, -0.1) is 16.8 Å². The number of alkyl halides is 3. The molecule has 0 unspecified atom stereocenters. The predicted molar refractivity (Wildman–Crippen MR) is 109 cm³/mol. The van der Waals surface area contributed by atoms with Crippen LogP contribution in [0.3, 0.4) is 0 Å². The van der Waals surface area contributed by atoms with Crippen LogP contribution in [0.4, 0.5) is 13.2 Å². The molecule has 0 atom stereocenters. The highest BCUT2D eigenvalue weighted by Gasteiger charge is 2.33. The largest absolute Gasteiger partial charge is 0.416 e. The molecular formula is C22H20F3N5. The van der Waals surface area contributed by atoms with Crippen LogP contribution in [0.5, 0.6) is 0 Å². The van der Waals surface area contributed by atoms with E-state index >= 15 is 0 Å².